The molecule has 0 aliphatic carbocycles. The Balaban J connectivity index is 1.52. The van der Waals surface area contributed by atoms with E-state index in [1.807, 2.05) is 13.8 Å². The van der Waals surface area contributed by atoms with Crippen LogP contribution in [0.1, 0.15) is 28.0 Å². The van der Waals surface area contributed by atoms with Crippen LogP contribution in [0.4, 0.5) is 13.2 Å². The van der Waals surface area contributed by atoms with Crippen molar-refractivity contribution >= 4 is 27.5 Å². The van der Waals surface area contributed by atoms with Crippen LogP contribution in [0.2, 0.25) is 0 Å². The Bertz CT molecular complexity index is 1090. The standard InChI is InChI=1S/C20H20F3N3O2S/c1-12-13(2)29-18-17(12)19(28)26(11-25-18)10-8-16(27)24-9-7-14-3-5-15(6-4-14)20(21,22)23/h3-6,11H,7-10H2,1-2H3,(H,24,27). The maximum atomic E-state index is 12.6. The molecule has 2 aromatic heterocycles. The van der Waals surface area contributed by atoms with Gasteiger partial charge in [0.15, 0.2) is 0 Å². The van der Waals surface area contributed by atoms with Gasteiger partial charge in [0.1, 0.15) is 4.83 Å². The van der Waals surface area contributed by atoms with Crippen molar-refractivity contribution in [3.05, 3.63) is 62.5 Å². The topological polar surface area (TPSA) is 64.0 Å². The molecule has 0 aliphatic rings. The number of thiophene rings is 1. The molecule has 0 radical (unpaired) electrons. The second kappa shape index (κ2) is 8.36. The summed E-state index contributed by atoms with van der Waals surface area (Å²) in [4.78, 5) is 30.7. The molecule has 9 heteroatoms. The maximum Gasteiger partial charge on any atom is 0.416 e. The number of nitrogens with zero attached hydrogens (tertiary/aromatic N) is 2. The van der Waals surface area contributed by atoms with Crippen molar-refractivity contribution in [1.82, 2.24) is 14.9 Å². The molecular formula is C20H20F3N3O2S. The fourth-order valence-corrected chi connectivity index (χ4v) is 3.93. The van der Waals surface area contributed by atoms with Gasteiger partial charge in [-0.3, -0.25) is 14.2 Å². The number of carbonyl (C=O) groups is 1. The van der Waals surface area contributed by atoms with Crippen molar-refractivity contribution in [1.29, 1.82) is 0 Å². The molecule has 29 heavy (non-hydrogen) atoms. The van der Waals surface area contributed by atoms with Crippen LogP contribution in [-0.2, 0) is 23.9 Å². The minimum atomic E-state index is -4.36. The molecule has 0 atom stereocenters. The van der Waals surface area contributed by atoms with Crippen LogP contribution in [0.25, 0.3) is 10.2 Å². The molecule has 0 unspecified atom stereocenters. The molecule has 0 saturated carbocycles. The monoisotopic (exact) mass is 423 g/mol. The lowest BCUT2D eigenvalue weighted by atomic mass is 10.1. The van der Waals surface area contributed by atoms with Gasteiger partial charge in [-0.15, -0.1) is 11.3 Å². The summed E-state index contributed by atoms with van der Waals surface area (Å²) in [5.41, 5.74) is 0.761. The van der Waals surface area contributed by atoms with Crippen LogP contribution >= 0.6 is 11.3 Å². The molecule has 0 spiro atoms. The van der Waals surface area contributed by atoms with Gasteiger partial charge in [-0.25, -0.2) is 4.98 Å². The maximum absolute atomic E-state index is 12.6. The summed E-state index contributed by atoms with van der Waals surface area (Å²) >= 11 is 1.47. The molecule has 3 aromatic rings. The lowest BCUT2D eigenvalue weighted by molar-refractivity contribution is -0.137. The van der Waals surface area contributed by atoms with E-state index in [9.17, 15) is 22.8 Å². The number of amides is 1. The second-order valence-corrected chi connectivity index (χ2v) is 7.95. The highest BCUT2D eigenvalue weighted by molar-refractivity contribution is 7.18. The van der Waals surface area contributed by atoms with Gasteiger partial charge in [0.2, 0.25) is 5.91 Å². The number of benzene rings is 1. The second-order valence-electron chi connectivity index (χ2n) is 6.75. The Morgan fingerprint density at radius 3 is 2.55 bits per heavy atom. The Kier molecular flexibility index (Phi) is 6.07. The zero-order valence-electron chi connectivity index (χ0n) is 16.0. The third-order valence-electron chi connectivity index (χ3n) is 4.75. The third-order valence-corrected chi connectivity index (χ3v) is 5.87. The minimum absolute atomic E-state index is 0.113. The molecule has 1 aromatic carbocycles. The number of aromatic nitrogens is 2. The van der Waals surface area contributed by atoms with E-state index < -0.39 is 11.7 Å². The third kappa shape index (κ3) is 4.84. The molecule has 2 heterocycles. The molecule has 0 saturated heterocycles. The van der Waals surface area contributed by atoms with E-state index in [1.54, 1.807) is 0 Å². The van der Waals surface area contributed by atoms with Crippen molar-refractivity contribution in [2.75, 3.05) is 6.54 Å². The minimum Gasteiger partial charge on any atom is -0.356 e. The molecule has 0 fully saturated rings. The van der Waals surface area contributed by atoms with Gasteiger partial charge in [0.25, 0.3) is 5.56 Å². The zero-order chi connectivity index (χ0) is 21.2. The summed E-state index contributed by atoms with van der Waals surface area (Å²) in [6.07, 6.45) is -2.37. The van der Waals surface area contributed by atoms with Gasteiger partial charge in [-0.2, -0.15) is 13.2 Å². The predicted molar refractivity (Wildman–Crippen MR) is 106 cm³/mol. The Labute approximate surface area is 169 Å². The quantitative estimate of drug-likeness (QED) is 0.655. The number of hydrogen-bond donors (Lipinski definition) is 1. The molecule has 1 N–H and O–H groups in total. The fraction of sp³-hybridized carbons (Fsp3) is 0.350. The average molecular weight is 423 g/mol. The van der Waals surface area contributed by atoms with E-state index in [4.69, 9.17) is 0 Å². The lowest BCUT2D eigenvalue weighted by Crippen LogP contribution is -2.29. The van der Waals surface area contributed by atoms with Crippen LogP contribution < -0.4 is 10.9 Å². The van der Waals surface area contributed by atoms with Gasteiger partial charge < -0.3 is 5.32 Å². The van der Waals surface area contributed by atoms with E-state index in [1.165, 1.54) is 34.4 Å². The first kappa shape index (κ1) is 21.0. The number of aryl methyl sites for hydroxylation is 3. The average Bonchev–Trinajstić information content (AvgIpc) is 2.95. The Morgan fingerprint density at radius 2 is 1.90 bits per heavy atom. The van der Waals surface area contributed by atoms with E-state index >= 15 is 0 Å². The zero-order valence-corrected chi connectivity index (χ0v) is 16.8. The van der Waals surface area contributed by atoms with Crippen LogP contribution in [0, 0.1) is 13.8 Å². The number of alkyl halides is 3. The number of halogens is 3. The Morgan fingerprint density at radius 1 is 1.21 bits per heavy atom. The van der Waals surface area contributed by atoms with Crippen LogP contribution in [0.5, 0.6) is 0 Å². The SMILES string of the molecule is Cc1sc2ncn(CCC(=O)NCCc3ccc(C(F)(F)F)cc3)c(=O)c2c1C. The molecule has 0 aliphatic heterocycles. The van der Waals surface area contributed by atoms with E-state index in [2.05, 4.69) is 10.3 Å². The largest absolute Gasteiger partial charge is 0.416 e. The Hall–Kier alpha value is -2.68. The van der Waals surface area contributed by atoms with Crippen LogP contribution in [-0.4, -0.2) is 22.0 Å². The summed E-state index contributed by atoms with van der Waals surface area (Å²) in [5, 5.41) is 3.32. The first-order valence-electron chi connectivity index (χ1n) is 9.05. The summed E-state index contributed by atoms with van der Waals surface area (Å²) in [5.74, 6) is -0.234. The van der Waals surface area contributed by atoms with Crippen molar-refractivity contribution in [2.45, 2.75) is 39.4 Å². The normalized spacial score (nSPS) is 11.8. The van der Waals surface area contributed by atoms with E-state index in [0.29, 0.717) is 28.7 Å². The highest BCUT2D eigenvalue weighted by Crippen LogP contribution is 2.29. The van der Waals surface area contributed by atoms with Gasteiger partial charge in [-0.05, 0) is 43.5 Å². The van der Waals surface area contributed by atoms with Crippen LogP contribution in [0.3, 0.4) is 0 Å². The first-order valence-corrected chi connectivity index (χ1v) is 9.86. The molecule has 3 rings (SSSR count). The number of hydrogen-bond acceptors (Lipinski definition) is 4. The smallest absolute Gasteiger partial charge is 0.356 e. The van der Waals surface area contributed by atoms with Crippen molar-refractivity contribution in [3.8, 4) is 0 Å². The van der Waals surface area contributed by atoms with Gasteiger partial charge in [0, 0.05) is 24.4 Å². The first-order chi connectivity index (χ1) is 13.7. The summed E-state index contributed by atoms with van der Waals surface area (Å²) in [6.45, 7) is 4.34. The number of fused-ring (bicyclic) bond motifs is 1. The summed E-state index contributed by atoms with van der Waals surface area (Å²) in [7, 11) is 0. The lowest BCUT2D eigenvalue weighted by Gasteiger charge is -2.09. The number of rotatable bonds is 6. The predicted octanol–water partition coefficient (Wildman–Crippen LogP) is 3.84. The van der Waals surface area contributed by atoms with Crippen LogP contribution in [0.15, 0.2) is 35.4 Å². The van der Waals surface area contributed by atoms with Gasteiger partial charge in [0.05, 0.1) is 17.3 Å². The van der Waals surface area contributed by atoms with Crippen molar-refractivity contribution in [2.24, 2.45) is 0 Å². The number of nitrogens with one attached hydrogen (secondary N) is 1. The highest BCUT2D eigenvalue weighted by Gasteiger charge is 2.29. The molecule has 0 bridgehead atoms. The van der Waals surface area contributed by atoms with Gasteiger partial charge in [-0.1, -0.05) is 12.1 Å². The fourth-order valence-electron chi connectivity index (χ4n) is 2.95. The highest BCUT2D eigenvalue weighted by atomic mass is 32.1. The molecule has 5 nitrogen and oxygen atoms in total. The number of carbonyl (C=O) groups excluding carboxylic acids is 1. The van der Waals surface area contributed by atoms with E-state index in [0.717, 1.165) is 22.6 Å². The summed E-state index contributed by atoms with van der Waals surface area (Å²) in [6, 6.07) is 4.86. The van der Waals surface area contributed by atoms with Gasteiger partial charge >= 0.3 is 6.18 Å². The molecule has 1 amide bonds. The molecular weight excluding hydrogens is 403 g/mol. The summed E-state index contributed by atoms with van der Waals surface area (Å²) < 4.78 is 39.1. The molecule has 154 valence electrons. The van der Waals surface area contributed by atoms with Crippen molar-refractivity contribution < 1.29 is 18.0 Å². The van der Waals surface area contributed by atoms with E-state index in [-0.39, 0.29) is 24.4 Å². The van der Waals surface area contributed by atoms with Crippen molar-refractivity contribution in [3.63, 3.8) is 0 Å².